The van der Waals surface area contributed by atoms with Crippen LogP contribution >= 0.6 is 0 Å². The normalized spacial score (nSPS) is 13.3. The second-order valence-electron chi connectivity index (χ2n) is 5.76. The molecule has 0 aliphatic carbocycles. The topological polar surface area (TPSA) is 20.2 Å². The number of hydrogen-bond donors (Lipinski definition) is 1. The lowest BCUT2D eigenvalue weighted by Crippen LogP contribution is -2.17. The summed E-state index contributed by atoms with van der Waals surface area (Å²) in [5, 5.41) is 10.2. The van der Waals surface area contributed by atoms with E-state index >= 15 is 0 Å². The fourth-order valence-electron chi connectivity index (χ4n) is 1.99. The predicted molar refractivity (Wildman–Crippen MR) is 76.3 cm³/mol. The molecule has 2 aromatic carbocycles. The zero-order chi connectivity index (χ0) is 13.2. The van der Waals surface area contributed by atoms with Crippen molar-refractivity contribution >= 4 is 0 Å². The molecule has 2 rings (SSSR count). The quantitative estimate of drug-likeness (QED) is 0.823. The Morgan fingerprint density at radius 3 is 1.78 bits per heavy atom. The number of rotatable bonds is 2. The molecule has 0 fully saturated rings. The molecule has 94 valence electrons. The zero-order valence-electron chi connectivity index (χ0n) is 11.2. The first-order chi connectivity index (χ1) is 8.48. The second-order valence-corrected chi connectivity index (χ2v) is 5.76. The number of benzene rings is 2. The number of hydrogen-bond acceptors (Lipinski definition) is 1. The lowest BCUT2D eigenvalue weighted by molar-refractivity contribution is 0.0627. The zero-order valence-corrected chi connectivity index (χ0v) is 11.2. The highest BCUT2D eigenvalue weighted by Crippen LogP contribution is 2.33. The van der Waals surface area contributed by atoms with Crippen LogP contribution in [0.25, 0.3) is 11.1 Å². The minimum Gasteiger partial charge on any atom is -0.388 e. The molecule has 0 amide bonds. The van der Waals surface area contributed by atoms with Gasteiger partial charge in [-0.1, -0.05) is 75.4 Å². The van der Waals surface area contributed by atoms with Gasteiger partial charge in [0.25, 0.3) is 0 Å². The lowest BCUT2D eigenvalue weighted by Gasteiger charge is -2.26. The fourth-order valence-corrected chi connectivity index (χ4v) is 1.99. The molecule has 0 saturated heterocycles. The molecule has 2 aromatic rings. The molecule has 0 saturated carbocycles. The van der Waals surface area contributed by atoms with Gasteiger partial charge >= 0.3 is 0 Å². The summed E-state index contributed by atoms with van der Waals surface area (Å²) >= 11 is 0. The molecule has 0 aliphatic heterocycles. The molecule has 0 bridgehead atoms. The van der Waals surface area contributed by atoms with E-state index in [4.69, 9.17) is 0 Å². The van der Waals surface area contributed by atoms with E-state index < -0.39 is 6.10 Å². The van der Waals surface area contributed by atoms with Gasteiger partial charge in [-0.05, 0) is 22.1 Å². The maximum Gasteiger partial charge on any atom is 0.0838 e. The van der Waals surface area contributed by atoms with Crippen LogP contribution in [0.1, 0.15) is 32.4 Å². The Kier molecular flexibility index (Phi) is 3.53. The van der Waals surface area contributed by atoms with Crippen LogP contribution in [0.4, 0.5) is 0 Å². The molecule has 0 radical (unpaired) electrons. The molecule has 0 aromatic heterocycles. The molecule has 1 unspecified atom stereocenters. The van der Waals surface area contributed by atoms with Crippen molar-refractivity contribution in [1.82, 2.24) is 0 Å². The van der Waals surface area contributed by atoms with Gasteiger partial charge in [-0.3, -0.25) is 0 Å². The van der Waals surface area contributed by atoms with Crippen LogP contribution in [0.15, 0.2) is 54.6 Å². The van der Waals surface area contributed by atoms with Crippen molar-refractivity contribution in [2.45, 2.75) is 26.9 Å². The van der Waals surface area contributed by atoms with Crippen LogP contribution in [0, 0.1) is 5.41 Å². The average molecular weight is 240 g/mol. The predicted octanol–water partition coefficient (Wildman–Crippen LogP) is 4.43. The Bertz CT molecular complexity index is 491. The highest BCUT2D eigenvalue weighted by molar-refractivity contribution is 5.63. The third-order valence-corrected chi connectivity index (χ3v) is 3.15. The van der Waals surface area contributed by atoms with Gasteiger partial charge in [0.2, 0.25) is 0 Å². The van der Waals surface area contributed by atoms with Crippen molar-refractivity contribution in [2.24, 2.45) is 5.41 Å². The van der Waals surface area contributed by atoms with E-state index in [0.29, 0.717) is 0 Å². The van der Waals surface area contributed by atoms with E-state index in [9.17, 15) is 5.11 Å². The third kappa shape index (κ3) is 2.80. The van der Waals surface area contributed by atoms with Crippen LogP contribution in [0.2, 0.25) is 0 Å². The molecule has 18 heavy (non-hydrogen) atoms. The van der Waals surface area contributed by atoms with Gasteiger partial charge in [0, 0.05) is 0 Å². The molecule has 0 spiro atoms. The summed E-state index contributed by atoms with van der Waals surface area (Å²) in [4.78, 5) is 0. The summed E-state index contributed by atoms with van der Waals surface area (Å²) in [6.45, 7) is 6.13. The van der Waals surface area contributed by atoms with Crippen molar-refractivity contribution < 1.29 is 5.11 Å². The molecular weight excluding hydrogens is 220 g/mol. The Morgan fingerprint density at radius 1 is 0.778 bits per heavy atom. The molecule has 1 N–H and O–H groups in total. The molecule has 1 nitrogen and oxygen atoms in total. The minimum atomic E-state index is -0.428. The SMILES string of the molecule is CC(C)(C)C(O)c1ccc(-c2ccccc2)cc1. The third-order valence-electron chi connectivity index (χ3n) is 3.15. The Hall–Kier alpha value is -1.60. The summed E-state index contributed by atoms with van der Waals surface area (Å²) in [6, 6.07) is 18.4. The van der Waals surface area contributed by atoms with E-state index in [1.807, 2.05) is 51.1 Å². The molecule has 0 aliphatic rings. The lowest BCUT2D eigenvalue weighted by atomic mass is 9.84. The van der Waals surface area contributed by atoms with Crippen LogP contribution in [0.3, 0.4) is 0 Å². The Labute approximate surface area is 109 Å². The van der Waals surface area contributed by atoms with E-state index in [0.717, 1.165) is 5.56 Å². The van der Waals surface area contributed by atoms with Crippen LogP contribution in [0.5, 0.6) is 0 Å². The summed E-state index contributed by atoms with van der Waals surface area (Å²) in [5.41, 5.74) is 3.23. The first-order valence-electron chi connectivity index (χ1n) is 6.32. The minimum absolute atomic E-state index is 0.131. The van der Waals surface area contributed by atoms with Crippen molar-refractivity contribution in [2.75, 3.05) is 0 Å². The highest BCUT2D eigenvalue weighted by Gasteiger charge is 2.23. The smallest absolute Gasteiger partial charge is 0.0838 e. The van der Waals surface area contributed by atoms with Gasteiger partial charge in [0.1, 0.15) is 0 Å². The summed E-state index contributed by atoms with van der Waals surface area (Å²) in [6.07, 6.45) is -0.428. The Balaban J connectivity index is 2.26. The van der Waals surface area contributed by atoms with Gasteiger partial charge in [0.15, 0.2) is 0 Å². The van der Waals surface area contributed by atoms with Crippen molar-refractivity contribution in [3.8, 4) is 11.1 Å². The van der Waals surface area contributed by atoms with Gasteiger partial charge in [-0.25, -0.2) is 0 Å². The maximum atomic E-state index is 10.2. The average Bonchev–Trinajstić information content (AvgIpc) is 2.38. The second kappa shape index (κ2) is 4.95. The van der Waals surface area contributed by atoms with E-state index in [1.54, 1.807) is 0 Å². The first-order valence-corrected chi connectivity index (χ1v) is 6.32. The molecule has 1 atom stereocenters. The Morgan fingerprint density at radius 2 is 1.28 bits per heavy atom. The summed E-state index contributed by atoms with van der Waals surface area (Å²) < 4.78 is 0. The fraction of sp³-hybridized carbons (Fsp3) is 0.294. The number of aliphatic hydroxyl groups excluding tert-OH is 1. The van der Waals surface area contributed by atoms with Gasteiger partial charge < -0.3 is 5.11 Å². The maximum absolute atomic E-state index is 10.2. The van der Waals surface area contributed by atoms with Gasteiger partial charge in [-0.15, -0.1) is 0 Å². The highest BCUT2D eigenvalue weighted by atomic mass is 16.3. The van der Waals surface area contributed by atoms with Gasteiger partial charge in [-0.2, -0.15) is 0 Å². The van der Waals surface area contributed by atoms with E-state index in [-0.39, 0.29) is 5.41 Å². The van der Waals surface area contributed by atoms with Crippen molar-refractivity contribution in [3.05, 3.63) is 60.2 Å². The number of aliphatic hydroxyl groups is 1. The van der Waals surface area contributed by atoms with Crippen LogP contribution in [-0.4, -0.2) is 5.11 Å². The monoisotopic (exact) mass is 240 g/mol. The first kappa shape index (κ1) is 12.8. The van der Waals surface area contributed by atoms with Gasteiger partial charge in [0.05, 0.1) is 6.10 Å². The largest absolute Gasteiger partial charge is 0.388 e. The van der Waals surface area contributed by atoms with E-state index in [2.05, 4.69) is 24.3 Å². The molecular formula is C17H20O. The van der Waals surface area contributed by atoms with Crippen molar-refractivity contribution in [3.63, 3.8) is 0 Å². The molecule has 0 heterocycles. The summed E-state index contributed by atoms with van der Waals surface area (Å²) in [7, 11) is 0. The van der Waals surface area contributed by atoms with Crippen molar-refractivity contribution in [1.29, 1.82) is 0 Å². The summed E-state index contributed by atoms with van der Waals surface area (Å²) in [5.74, 6) is 0. The molecule has 1 heteroatoms. The standard InChI is InChI=1S/C17H20O/c1-17(2,3)16(18)15-11-9-14(10-12-15)13-7-5-4-6-8-13/h4-12,16,18H,1-3H3. The van der Waals surface area contributed by atoms with Crippen LogP contribution in [-0.2, 0) is 0 Å². The van der Waals surface area contributed by atoms with E-state index in [1.165, 1.54) is 11.1 Å². The van der Waals surface area contributed by atoms with Crippen LogP contribution < -0.4 is 0 Å².